The van der Waals surface area contributed by atoms with E-state index in [9.17, 15) is 13.2 Å². The van der Waals surface area contributed by atoms with Crippen LogP contribution in [0, 0.1) is 0 Å². The summed E-state index contributed by atoms with van der Waals surface area (Å²) in [5.74, 6) is 0.162. The van der Waals surface area contributed by atoms with Gasteiger partial charge in [-0.05, 0) is 42.0 Å². The molecule has 0 aromatic heterocycles. The van der Waals surface area contributed by atoms with E-state index in [1.54, 1.807) is 42.5 Å². The van der Waals surface area contributed by atoms with E-state index in [1.807, 2.05) is 30.3 Å². The standard InChI is InChI=1S/C24H26N2O5S/c1-30-22-14-12-21(13-15-22)26(32(28,29)23-10-6-3-7-11-23)18-24(27)25-16-17-31-19-20-8-4-2-5-9-20/h2-15H,16-19H2,1H3,(H,25,27). The van der Waals surface area contributed by atoms with Crippen LogP contribution in [0.5, 0.6) is 5.75 Å². The van der Waals surface area contributed by atoms with Gasteiger partial charge < -0.3 is 14.8 Å². The van der Waals surface area contributed by atoms with E-state index >= 15 is 0 Å². The summed E-state index contributed by atoms with van der Waals surface area (Å²) in [5, 5.41) is 2.72. The van der Waals surface area contributed by atoms with Gasteiger partial charge in [0.2, 0.25) is 5.91 Å². The van der Waals surface area contributed by atoms with Crippen molar-refractivity contribution < 1.29 is 22.7 Å². The molecule has 0 aliphatic rings. The summed E-state index contributed by atoms with van der Waals surface area (Å²) >= 11 is 0. The Kier molecular flexibility index (Phi) is 8.24. The van der Waals surface area contributed by atoms with Crippen molar-refractivity contribution in [2.45, 2.75) is 11.5 Å². The van der Waals surface area contributed by atoms with Crippen LogP contribution in [0.25, 0.3) is 0 Å². The lowest BCUT2D eigenvalue weighted by Crippen LogP contribution is -2.41. The van der Waals surface area contributed by atoms with E-state index in [0.717, 1.165) is 9.87 Å². The van der Waals surface area contributed by atoms with E-state index in [1.165, 1.54) is 19.2 Å². The number of anilines is 1. The van der Waals surface area contributed by atoms with Crippen molar-refractivity contribution in [1.29, 1.82) is 0 Å². The predicted molar refractivity (Wildman–Crippen MR) is 123 cm³/mol. The fourth-order valence-electron chi connectivity index (χ4n) is 3.00. The van der Waals surface area contributed by atoms with Crippen molar-refractivity contribution in [3.63, 3.8) is 0 Å². The molecule has 1 N–H and O–H groups in total. The molecule has 0 saturated heterocycles. The van der Waals surface area contributed by atoms with Crippen molar-refractivity contribution >= 4 is 21.6 Å². The minimum Gasteiger partial charge on any atom is -0.497 e. The molecule has 0 fully saturated rings. The van der Waals surface area contributed by atoms with Gasteiger partial charge in [0.15, 0.2) is 0 Å². The molecule has 3 aromatic carbocycles. The smallest absolute Gasteiger partial charge is 0.264 e. The number of amides is 1. The number of benzene rings is 3. The maximum atomic E-state index is 13.2. The van der Waals surface area contributed by atoms with E-state index < -0.39 is 15.9 Å². The monoisotopic (exact) mass is 454 g/mol. The number of hydrogen-bond donors (Lipinski definition) is 1. The zero-order valence-corrected chi connectivity index (χ0v) is 18.6. The molecule has 168 valence electrons. The lowest BCUT2D eigenvalue weighted by atomic mass is 10.2. The van der Waals surface area contributed by atoms with Crippen molar-refractivity contribution in [2.24, 2.45) is 0 Å². The number of methoxy groups -OCH3 is 1. The summed E-state index contributed by atoms with van der Waals surface area (Å²) in [6.45, 7) is 0.668. The van der Waals surface area contributed by atoms with Crippen LogP contribution in [0.1, 0.15) is 5.56 Å². The van der Waals surface area contributed by atoms with E-state index in [2.05, 4.69) is 5.32 Å². The molecule has 3 aromatic rings. The highest BCUT2D eigenvalue weighted by atomic mass is 32.2. The summed E-state index contributed by atoms with van der Waals surface area (Å²) in [4.78, 5) is 12.7. The first kappa shape index (κ1) is 23.3. The molecule has 0 atom stereocenters. The normalized spacial score (nSPS) is 11.0. The van der Waals surface area contributed by atoms with Crippen LogP contribution in [0.2, 0.25) is 0 Å². The Morgan fingerprint density at radius 1 is 0.906 bits per heavy atom. The van der Waals surface area contributed by atoms with Crippen LogP contribution < -0.4 is 14.4 Å². The summed E-state index contributed by atoms with van der Waals surface area (Å²) in [7, 11) is -2.41. The quantitative estimate of drug-likeness (QED) is 0.450. The minimum atomic E-state index is -3.94. The second-order valence-electron chi connectivity index (χ2n) is 6.91. The summed E-state index contributed by atoms with van der Waals surface area (Å²) in [5.41, 5.74) is 1.41. The lowest BCUT2D eigenvalue weighted by Gasteiger charge is -2.24. The Morgan fingerprint density at radius 2 is 1.53 bits per heavy atom. The highest BCUT2D eigenvalue weighted by Gasteiger charge is 2.27. The molecule has 0 aliphatic carbocycles. The Labute approximate surface area is 188 Å². The fourth-order valence-corrected chi connectivity index (χ4v) is 4.44. The number of nitrogens with zero attached hydrogens (tertiary/aromatic N) is 1. The third-order valence-electron chi connectivity index (χ3n) is 4.66. The first-order chi connectivity index (χ1) is 15.5. The molecule has 3 rings (SSSR count). The first-order valence-electron chi connectivity index (χ1n) is 10.1. The van der Waals surface area contributed by atoms with Gasteiger partial charge in [0.05, 0.1) is 30.9 Å². The number of carbonyl (C=O) groups excluding carboxylic acids is 1. The minimum absolute atomic E-state index is 0.106. The van der Waals surface area contributed by atoms with Crippen molar-refractivity contribution in [2.75, 3.05) is 31.1 Å². The molecular formula is C24H26N2O5S. The number of rotatable bonds is 11. The lowest BCUT2D eigenvalue weighted by molar-refractivity contribution is -0.119. The molecule has 0 spiro atoms. The highest BCUT2D eigenvalue weighted by molar-refractivity contribution is 7.92. The average molecular weight is 455 g/mol. The van der Waals surface area contributed by atoms with Gasteiger partial charge in [-0.2, -0.15) is 0 Å². The Morgan fingerprint density at radius 3 is 2.16 bits per heavy atom. The molecule has 0 aliphatic heterocycles. The van der Waals surface area contributed by atoms with E-state index in [4.69, 9.17) is 9.47 Å². The van der Waals surface area contributed by atoms with Gasteiger partial charge in [-0.15, -0.1) is 0 Å². The molecule has 0 saturated carbocycles. The number of nitrogens with one attached hydrogen (secondary N) is 1. The second-order valence-corrected chi connectivity index (χ2v) is 8.77. The van der Waals surface area contributed by atoms with Crippen molar-refractivity contribution in [3.8, 4) is 5.75 Å². The zero-order chi connectivity index (χ0) is 22.8. The topological polar surface area (TPSA) is 84.9 Å². The fraction of sp³-hybridized carbons (Fsp3) is 0.208. The second kappa shape index (κ2) is 11.3. The first-order valence-corrected chi connectivity index (χ1v) is 11.5. The van der Waals surface area contributed by atoms with Crippen LogP contribution in [0.15, 0.2) is 89.8 Å². The maximum absolute atomic E-state index is 13.2. The molecule has 0 heterocycles. The zero-order valence-electron chi connectivity index (χ0n) is 17.8. The molecule has 1 amide bonds. The van der Waals surface area contributed by atoms with E-state index in [0.29, 0.717) is 24.7 Å². The number of sulfonamides is 1. The Bertz CT molecular complexity index is 1090. The van der Waals surface area contributed by atoms with E-state index in [-0.39, 0.29) is 18.0 Å². The van der Waals surface area contributed by atoms with Gasteiger partial charge in [-0.3, -0.25) is 9.10 Å². The van der Waals surface area contributed by atoms with Gasteiger partial charge in [-0.1, -0.05) is 48.5 Å². The molecule has 0 bridgehead atoms. The summed E-state index contributed by atoms with van der Waals surface area (Å²) in [6, 6.07) is 24.2. The molecule has 0 radical (unpaired) electrons. The van der Waals surface area contributed by atoms with Crippen LogP contribution in [-0.2, 0) is 26.2 Å². The van der Waals surface area contributed by atoms with Crippen LogP contribution in [0.3, 0.4) is 0 Å². The predicted octanol–water partition coefficient (Wildman–Crippen LogP) is 3.22. The number of carbonyl (C=O) groups is 1. The molecule has 0 unspecified atom stereocenters. The van der Waals surface area contributed by atoms with Crippen LogP contribution >= 0.6 is 0 Å². The summed E-state index contributed by atoms with van der Waals surface area (Å²) < 4.78 is 38.3. The Hall–Kier alpha value is -3.36. The summed E-state index contributed by atoms with van der Waals surface area (Å²) in [6.07, 6.45) is 0. The number of hydrogen-bond acceptors (Lipinski definition) is 5. The molecule has 32 heavy (non-hydrogen) atoms. The molecule has 8 heteroatoms. The molecular weight excluding hydrogens is 428 g/mol. The van der Waals surface area contributed by atoms with Crippen molar-refractivity contribution in [1.82, 2.24) is 5.32 Å². The van der Waals surface area contributed by atoms with Crippen molar-refractivity contribution in [3.05, 3.63) is 90.5 Å². The van der Waals surface area contributed by atoms with Crippen LogP contribution in [-0.4, -0.2) is 41.1 Å². The van der Waals surface area contributed by atoms with Gasteiger partial charge in [0.25, 0.3) is 10.0 Å². The SMILES string of the molecule is COc1ccc(N(CC(=O)NCCOCc2ccccc2)S(=O)(=O)c2ccccc2)cc1. The van der Waals surface area contributed by atoms with Gasteiger partial charge in [0, 0.05) is 6.54 Å². The largest absolute Gasteiger partial charge is 0.497 e. The van der Waals surface area contributed by atoms with Gasteiger partial charge >= 0.3 is 0 Å². The highest BCUT2D eigenvalue weighted by Crippen LogP contribution is 2.25. The third-order valence-corrected chi connectivity index (χ3v) is 6.45. The van der Waals surface area contributed by atoms with Gasteiger partial charge in [0.1, 0.15) is 12.3 Å². The maximum Gasteiger partial charge on any atom is 0.264 e. The Balaban J connectivity index is 1.64. The van der Waals surface area contributed by atoms with Crippen LogP contribution in [0.4, 0.5) is 5.69 Å². The molecule has 7 nitrogen and oxygen atoms in total. The number of ether oxygens (including phenoxy) is 2. The van der Waals surface area contributed by atoms with Gasteiger partial charge in [-0.25, -0.2) is 8.42 Å². The average Bonchev–Trinajstić information content (AvgIpc) is 2.83. The third kappa shape index (κ3) is 6.32.